The van der Waals surface area contributed by atoms with Crippen LogP contribution in [0.25, 0.3) is 11.0 Å². The molecule has 0 spiro atoms. The molecule has 0 saturated carbocycles. The van der Waals surface area contributed by atoms with Crippen LogP contribution in [0.2, 0.25) is 0 Å². The van der Waals surface area contributed by atoms with Gasteiger partial charge < -0.3 is 14.6 Å². The van der Waals surface area contributed by atoms with E-state index < -0.39 is 0 Å². The van der Waals surface area contributed by atoms with Gasteiger partial charge in [-0.25, -0.2) is 4.98 Å². The molecular weight excluding hydrogens is 466 g/mol. The molecule has 1 saturated heterocycles. The minimum absolute atomic E-state index is 0.103. The smallest absolute Gasteiger partial charge is 0.222 e. The Morgan fingerprint density at radius 1 is 1.19 bits per heavy atom. The van der Waals surface area contributed by atoms with Gasteiger partial charge in [0.2, 0.25) is 5.91 Å². The molecule has 0 atom stereocenters. The maximum absolute atomic E-state index is 12.7. The number of hydrogen-bond acceptors (Lipinski definition) is 3. The number of imidazole rings is 1. The Morgan fingerprint density at radius 2 is 1.94 bits per heavy atom. The standard InChI is InChI=1S/C26H32BrN3O2/c1-26(2,3)19-10-11-23(20(27)17-19)32-16-6-9-24(31)30-14-12-18(13-15-30)25-28-21-7-4-5-8-22(21)29-25/h4-5,7-8,10-11,17-18H,6,9,12-16H2,1-3H3,(H,28,29). The third-order valence-electron chi connectivity index (χ3n) is 6.23. The largest absolute Gasteiger partial charge is 0.492 e. The number of hydrogen-bond donors (Lipinski definition) is 1. The maximum atomic E-state index is 12.7. The summed E-state index contributed by atoms with van der Waals surface area (Å²) in [4.78, 5) is 22.8. The molecule has 0 aliphatic carbocycles. The number of nitrogens with one attached hydrogen (secondary N) is 1. The van der Waals surface area contributed by atoms with E-state index in [0.29, 0.717) is 18.9 Å². The second-order valence-electron chi connectivity index (χ2n) is 9.64. The molecule has 6 heteroatoms. The second kappa shape index (κ2) is 9.65. The number of fused-ring (bicyclic) bond motifs is 1. The number of ether oxygens (including phenoxy) is 1. The first-order chi connectivity index (χ1) is 15.3. The summed E-state index contributed by atoms with van der Waals surface area (Å²) in [5.74, 6) is 2.49. The van der Waals surface area contributed by atoms with Gasteiger partial charge in [0.1, 0.15) is 11.6 Å². The molecule has 1 fully saturated rings. The Hall–Kier alpha value is -2.34. The summed E-state index contributed by atoms with van der Waals surface area (Å²) >= 11 is 3.61. The predicted molar refractivity (Wildman–Crippen MR) is 132 cm³/mol. The Kier molecular flexibility index (Phi) is 6.89. The van der Waals surface area contributed by atoms with Crippen LogP contribution in [-0.4, -0.2) is 40.5 Å². The minimum atomic E-state index is 0.103. The van der Waals surface area contributed by atoms with E-state index in [2.05, 4.69) is 59.9 Å². The summed E-state index contributed by atoms with van der Waals surface area (Å²) in [6, 6.07) is 14.4. The fourth-order valence-corrected chi connectivity index (χ4v) is 4.71. The lowest BCUT2D eigenvalue weighted by Crippen LogP contribution is -2.38. The van der Waals surface area contributed by atoms with Gasteiger partial charge in [0.15, 0.2) is 0 Å². The Morgan fingerprint density at radius 3 is 2.62 bits per heavy atom. The molecular formula is C26H32BrN3O2. The lowest BCUT2D eigenvalue weighted by molar-refractivity contribution is -0.132. The number of nitrogens with zero attached hydrogens (tertiary/aromatic N) is 2. The zero-order valence-corrected chi connectivity index (χ0v) is 20.7. The van der Waals surface area contributed by atoms with E-state index in [4.69, 9.17) is 9.72 Å². The SMILES string of the molecule is CC(C)(C)c1ccc(OCCCC(=O)N2CCC(c3nc4ccccc4[nH]3)CC2)c(Br)c1. The molecule has 1 N–H and O–H groups in total. The van der Waals surface area contributed by atoms with Gasteiger partial charge in [-0.05, 0) is 70.4 Å². The monoisotopic (exact) mass is 497 g/mol. The van der Waals surface area contributed by atoms with Crippen LogP contribution >= 0.6 is 15.9 Å². The minimum Gasteiger partial charge on any atom is -0.492 e. The van der Waals surface area contributed by atoms with Crippen molar-refractivity contribution >= 4 is 32.9 Å². The number of rotatable bonds is 6. The number of para-hydroxylation sites is 2. The Balaban J connectivity index is 1.21. The number of piperidine rings is 1. The summed E-state index contributed by atoms with van der Waals surface area (Å²) in [7, 11) is 0. The van der Waals surface area contributed by atoms with Crippen molar-refractivity contribution in [3.63, 3.8) is 0 Å². The highest BCUT2D eigenvalue weighted by atomic mass is 79.9. The zero-order chi connectivity index (χ0) is 22.7. The van der Waals surface area contributed by atoms with E-state index in [0.717, 1.165) is 59.4 Å². The number of benzene rings is 2. The highest BCUT2D eigenvalue weighted by molar-refractivity contribution is 9.10. The van der Waals surface area contributed by atoms with Crippen LogP contribution in [0.4, 0.5) is 0 Å². The Bertz CT molecular complexity index is 1050. The zero-order valence-electron chi connectivity index (χ0n) is 19.2. The normalized spacial score (nSPS) is 15.3. The van der Waals surface area contributed by atoms with E-state index in [9.17, 15) is 4.79 Å². The molecule has 1 aliphatic heterocycles. The van der Waals surface area contributed by atoms with Crippen molar-refractivity contribution < 1.29 is 9.53 Å². The molecule has 5 nitrogen and oxygen atoms in total. The van der Waals surface area contributed by atoms with Gasteiger partial charge in [-0.1, -0.05) is 39.0 Å². The van der Waals surface area contributed by atoms with Crippen LogP contribution in [0.3, 0.4) is 0 Å². The van der Waals surface area contributed by atoms with Gasteiger partial charge in [0, 0.05) is 25.4 Å². The van der Waals surface area contributed by atoms with Crippen molar-refractivity contribution in [2.75, 3.05) is 19.7 Å². The van der Waals surface area contributed by atoms with Gasteiger partial charge in [0.05, 0.1) is 22.1 Å². The molecule has 32 heavy (non-hydrogen) atoms. The van der Waals surface area contributed by atoms with E-state index in [1.54, 1.807) is 0 Å². The van der Waals surface area contributed by atoms with Gasteiger partial charge in [-0.2, -0.15) is 0 Å². The highest BCUT2D eigenvalue weighted by Crippen LogP contribution is 2.32. The molecule has 4 rings (SSSR count). The van der Waals surface area contributed by atoms with Crippen molar-refractivity contribution in [1.82, 2.24) is 14.9 Å². The summed E-state index contributed by atoms with van der Waals surface area (Å²) in [5, 5.41) is 0. The fourth-order valence-electron chi connectivity index (χ4n) is 4.22. The van der Waals surface area contributed by atoms with Gasteiger partial charge >= 0.3 is 0 Å². The predicted octanol–water partition coefficient (Wildman–Crippen LogP) is 6.19. The van der Waals surface area contributed by atoms with Crippen molar-refractivity contribution in [3.05, 3.63) is 58.3 Å². The van der Waals surface area contributed by atoms with E-state index in [-0.39, 0.29) is 11.3 Å². The number of halogens is 1. The quantitative estimate of drug-likeness (QED) is 0.413. The Labute approximate surface area is 198 Å². The molecule has 1 amide bonds. The maximum Gasteiger partial charge on any atom is 0.222 e. The molecule has 1 aliphatic rings. The van der Waals surface area contributed by atoms with E-state index in [1.807, 2.05) is 29.2 Å². The van der Waals surface area contributed by atoms with Crippen molar-refractivity contribution in [3.8, 4) is 5.75 Å². The second-order valence-corrected chi connectivity index (χ2v) is 10.5. The van der Waals surface area contributed by atoms with Crippen molar-refractivity contribution in [1.29, 1.82) is 0 Å². The summed E-state index contributed by atoms with van der Waals surface area (Å²) in [5.41, 5.74) is 3.46. The summed E-state index contributed by atoms with van der Waals surface area (Å²) in [6.07, 6.45) is 3.15. The van der Waals surface area contributed by atoms with Crippen LogP contribution in [0, 0.1) is 0 Å². The van der Waals surface area contributed by atoms with Gasteiger partial charge in [-0.3, -0.25) is 4.79 Å². The first kappa shape index (κ1) is 22.8. The average molecular weight is 498 g/mol. The van der Waals surface area contributed by atoms with Crippen molar-refractivity contribution in [2.24, 2.45) is 0 Å². The first-order valence-electron chi connectivity index (χ1n) is 11.5. The molecule has 1 aromatic heterocycles. The number of carbonyl (C=O) groups is 1. The number of amides is 1. The number of H-pyrrole nitrogens is 1. The number of carbonyl (C=O) groups excluding carboxylic acids is 1. The average Bonchev–Trinajstić information content (AvgIpc) is 3.21. The molecule has 2 aromatic carbocycles. The molecule has 0 bridgehead atoms. The third kappa shape index (κ3) is 5.34. The first-order valence-corrected chi connectivity index (χ1v) is 12.3. The number of likely N-dealkylation sites (tertiary alicyclic amines) is 1. The van der Waals surface area contributed by atoms with Crippen LogP contribution in [-0.2, 0) is 10.2 Å². The lowest BCUT2D eigenvalue weighted by atomic mass is 9.87. The van der Waals surface area contributed by atoms with E-state index in [1.165, 1.54) is 5.56 Å². The molecule has 0 radical (unpaired) electrons. The molecule has 2 heterocycles. The summed E-state index contributed by atoms with van der Waals surface area (Å²) < 4.78 is 6.88. The van der Waals surface area contributed by atoms with Crippen LogP contribution in [0.1, 0.15) is 63.8 Å². The summed E-state index contributed by atoms with van der Waals surface area (Å²) in [6.45, 7) is 8.71. The third-order valence-corrected chi connectivity index (χ3v) is 6.85. The van der Waals surface area contributed by atoms with Crippen LogP contribution in [0.15, 0.2) is 46.9 Å². The number of aromatic amines is 1. The molecule has 0 unspecified atom stereocenters. The van der Waals surface area contributed by atoms with E-state index >= 15 is 0 Å². The fraction of sp³-hybridized carbons (Fsp3) is 0.462. The lowest BCUT2D eigenvalue weighted by Gasteiger charge is -2.31. The number of aromatic nitrogens is 2. The molecule has 3 aromatic rings. The highest BCUT2D eigenvalue weighted by Gasteiger charge is 2.25. The van der Waals surface area contributed by atoms with Gasteiger partial charge in [-0.15, -0.1) is 0 Å². The van der Waals surface area contributed by atoms with Crippen LogP contribution in [0.5, 0.6) is 5.75 Å². The molecule has 170 valence electrons. The van der Waals surface area contributed by atoms with Crippen molar-refractivity contribution in [2.45, 2.75) is 57.8 Å². The van der Waals surface area contributed by atoms with Crippen LogP contribution < -0.4 is 4.74 Å². The topological polar surface area (TPSA) is 58.2 Å². The van der Waals surface area contributed by atoms with Gasteiger partial charge in [0.25, 0.3) is 0 Å².